The summed E-state index contributed by atoms with van der Waals surface area (Å²) in [5.41, 5.74) is 7.58. The molecule has 0 saturated carbocycles. The summed E-state index contributed by atoms with van der Waals surface area (Å²) in [6, 6.07) is 17.0. The monoisotopic (exact) mass is 284 g/mol. The van der Waals surface area contributed by atoms with Gasteiger partial charge in [-0.25, -0.2) is 5.43 Å². The molecule has 2 aromatic carbocycles. The highest BCUT2D eigenvalue weighted by atomic mass is 16.5. The molecule has 0 bridgehead atoms. The summed E-state index contributed by atoms with van der Waals surface area (Å²) in [5, 5.41) is 0. The number of amides is 1. The minimum atomic E-state index is -0.137. The van der Waals surface area contributed by atoms with Crippen LogP contribution in [0.1, 0.15) is 35.3 Å². The molecule has 0 saturated heterocycles. The zero-order chi connectivity index (χ0) is 15.1. The molecular weight excluding hydrogens is 264 g/mol. The van der Waals surface area contributed by atoms with Crippen LogP contribution in [-0.4, -0.2) is 13.0 Å². The van der Waals surface area contributed by atoms with Gasteiger partial charge in [-0.15, -0.1) is 0 Å². The van der Waals surface area contributed by atoms with E-state index >= 15 is 0 Å². The van der Waals surface area contributed by atoms with E-state index in [1.807, 2.05) is 42.5 Å². The molecular formula is C17H20N2O2. The number of carbonyl (C=O) groups excluding carboxylic acids is 1. The first kappa shape index (κ1) is 15.1. The van der Waals surface area contributed by atoms with Crippen LogP contribution in [0.5, 0.6) is 5.75 Å². The van der Waals surface area contributed by atoms with E-state index in [1.165, 1.54) is 0 Å². The quantitative estimate of drug-likeness (QED) is 0.801. The van der Waals surface area contributed by atoms with Crippen LogP contribution in [0.15, 0.2) is 54.6 Å². The lowest BCUT2D eigenvalue weighted by Crippen LogP contribution is -2.39. The molecule has 4 nitrogen and oxygen atoms in total. The number of hydrazine groups is 1. The number of nitrogens with one attached hydrogen (secondary N) is 2. The van der Waals surface area contributed by atoms with Gasteiger partial charge < -0.3 is 4.74 Å². The number of hydrogen-bond acceptors (Lipinski definition) is 3. The fraction of sp³-hybridized carbons (Fsp3) is 0.235. The molecule has 2 aromatic rings. The second-order valence-electron chi connectivity index (χ2n) is 4.70. The van der Waals surface area contributed by atoms with Crippen molar-refractivity contribution in [3.05, 3.63) is 65.7 Å². The van der Waals surface area contributed by atoms with Crippen molar-refractivity contribution >= 4 is 5.91 Å². The molecule has 110 valence electrons. The van der Waals surface area contributed by atoms with Crippen molar-refractivity contribution in [1.82, 2.24) is 10.9 Å². The van der Waals surface area contributed by atoms with Gasteiger partial charge in [0.15, 0.2) is 0 Å². The predicted molar refractivity (Wildman–Crippen MR) is 83.1 cm³/mol. The molecule has 0 unspecified atom stereocenters. The number of benzene rings is 2. The van der Waals surface area contributed by atoms with Crippen molar-refractivity contribution in [3.8, 4) is 5.75 Å². The lowest BCUT2D eigenvalue weighted by atomic mass is 10.1. The van der Waals surface area contributed by atoms with Gasteiger partial charge in [0, 0.05) is 5.56 Å². The average Bonchev–Trinajstić information content (AvgIpc) is 2.56. The summed E-state index contributed by atoms with van der Waals surface area (Å²) >= 11 is 0. The molecule has 2 rings (SSSR count). The Kier molecular flexibility index (Phi) is 5.35. The summed E-state index contributed by atoms with van der Waals surface area (Å²) in [6.45, 7) is 2.07. The van der Waals surface area contributed by atoms with Crippen molar-refractivity contribution in [2.45, 2.75) is 19.4 Å². The highest BCUT2D eigenvalue weighted by molar-refractivity contribution is 5.93. The van der Waals surface area contributed by atoms with Crippen LogP contribution in [-0.2, 0) is 0 Å². The highest BCUT2D eigenvalue weighted by Crippen LogP contribution is 2.19. The van der Waals surface area contributed by atoms with E-state index in [0.717, 1.165) is 17.7 Å². The Morgan fingerprint density at radius 3 is 2.33 bits per heavy atom. The standard InChI is InChI=1S/C17H20N2O2/c1-3-16(13-9-11-15(21-2)12-10-13)18-19-17(20)14-7-5-4-6-8-14/h4-12,16,18H,3H2,1-2H3,(H,19,20)/t16-/m0/s1. The first-order valence-electron chi connectivity index (χ1n) is 6.99. The van der Waals surface area contributed by atoms with Gasteiger partial charge >= 0.3 is 0 Å². The van der Waals surface area contributed by atoms with E-state index in [1.54, 1.807) is 19.2 Å². The maximum atomic E-state index is 12.0. The molecule has 0 aliphatic carbocycles. The van der Waals surface area contributed by atoms with Gasteiger partial charge in [0.1, 0.15) is 5.75 Å². The Labute approximate surface area is 125 Å². The van der Waals surface area contributed by atoms with Crippen LogP contribution in [0.2, 0.25) is 0 Å². The Balaban J connectivity index is 1.97. The van der Waals surface area contributed by atoms with Gasteiger partial charge in [-0.2, -0.15) is 0 Å². The van der Waals surface area contributed by atoms with Crippen LogP contribution in [0, 0.1) is 0 Å². The molecule has 0 radical (unpaired) electrons. The molecule has 2 N–H and O–H groups in total. The van der Waals surface area contributed by atoms with E-state index < -0.39 is 0 Å². The van der Waals surface area contributed by atoms with Crippen LogP contribution >= 0.6 is 0 Å². The summed E-state index contributed by atoms with van der Waals surface area (Å²) in [5.74, 6) is 0.685. The van der Waals surface area contributed by atoms with Crippen molar-refractivity contribution in [1.29, 1.82) is 0 Å². The molecule has 1 atom stereocenters. The van der Waals surface area contributed by atoms with E-state index in [4.69, 9.17) is 4.74 Å². The van der Waals surface area contributed by atoms with Crippen LogP contribution < -0.4 is 15.6 Å². The number of carbonyl (C=O) groups is 1. The molecule has 4 heteroatoms. The second-order valence-corrected chi connectivity index (χ2v) is 4.70. The smallest absolute Gasteiger partial charge is 0.265 e. The number of hydrogen-bond donors (Lipinski definition) is 2. The van der Waals surface area contributed by atoms with Crippen molar-refractivity contribution < 1.29 is 9.53 Å². The number of methoxy groups -OCH3 is 1. The van der Waals surface area contributed by atoms with Crippen molar-refractivity contribution in [3.63, 3.8) is 0 Å². The molecule has 0 aliphatic rings. The summed E-state index contributed by atoms with van der Waals surface area (Å²) in [6.07, 6.45) is 0.862. The van der Waals surface area contributed by atoms with Crippen LogP contribution in [0.3, 0.4) is 0 Å². The Morgan fingerprint density at radius 2 is 1.76 bits per heavy atom. The number of rotatable bonds is 6. The second kappa shape index (κ2) is 7.45. The van der Waals surface area contributed by atoms with E-state index in [0.29, 0.717) is 5.56 Å². The fourth-order valence-electron chi connectivity index (χ4n) is 2.07. The topological polar surface area (TPSA) is 50.4 Å². The van der Waals surface area contributed by atoms with Crippen molar-refractivity contribution in [2.75, 3.05) is 7.11 Å². The lowest BCUT2D eigenvalue weighted by Gasteiger charge is -2.18. The number of ether oxygens (including phenoxy) is 1. The van der Waals surface area contributed by atoms with Gasteiger partial charge in [0.05, 0.1) is 13.2 Å². The van der Waals surface area contributed by atoms with Gasteiger partial charge in [-0.05, 0) is 36.2 Å². The SMILES string of the molecule is CC[C@H](NNC(=O)c1ccccc1)c1ccc(OC)cc1. The Bertz CT molecular complexity index is 567. The molecule has 1 amide bonds. The van der Waals surface area contributed by atoms with Crippen LogP contribution in [0.4, 0.5) is 0 Å². The van der Waals surface area contributed by atoms with Gasteiger partial charge in [-0.1, -0.05) is 37.3 Å². The summed E-state index contributed by atoms with van der Waals surface area (Å²) in [7, 11) is 1.64. The third-order valence-corrected chi connectivity index (χ3v) is 3.32. The third-order valence-electron chi connectivity index (χ3n) is 3.32. The first-order chi connectivity index (χ1) is 10.2. The zero-order valence-corrected chi connectivity index (χ0v) is 12.3. The zero-order valence-electron chi connectivity index (χ0n) is 12.3. The maximum Gasteiger partial charge on any atom is 0.265 e. The first-order valence-corrected chi connectivity index (χ1v) is 6.99. The molecule has 21 heavy (non-hydrogen) atoms. The summed E-state index contributed by atoms with van der Waals surface area (Å²) in [4.78, 5) is 12.0. The molecule has 0 spiro atoms. The van der Waals surface area contributed by atoms with Gasteiger partial charge in [-0.3, -0.25) is 10.2 Å². The van der Waals surface area contributed by atoms with Crippen molar-refractivity contribution in [2.24, 2.45) is 0 Å². The molecule has 0 fully saturated rings. The average molecular weight is 284 g/mol. The Hall–Kier alpha value is -2.33. The maximum absolute atomic E-state index is 12.0. The fourth-order valence-corrected chi connectivity index (χ4v) is 2.07. The minimum absolute atomic E-state index is 0.0589. The lowest BCUT2D eigenvalue weighted by molar-refractivity contribution is 0.0924. The Morgan fingerprint density at radius 1 is 1.10 bits per heavy atom. The van der Waals surface area contributed by atoms with E-state index in [2.05, 4.69) is 17.8 Å². The minimum Gasteiger partial charge on any atom is -0.497 e. The van der Waals surface area contributed by atoms with Crippen LogP contribution in [0.25, 0.3) is 0 Å². The van der Waals surface area contributed by atoms with Gasteiger partial charge in [0.25, 0.3) is 5.91 Å². The molecule has 0 aromatic heterocycles. The predicted octanol–water partition coefficient (Wildman–Crippen LogP) is 3.08. The highest BCUT2D eigenvalue weighted by Gasteiger charge is 2.11. The normalized spacial score (nSPS) is 11.7. The molecule has 0 heterocycles. The largest absolute Gasteiger partial charge is 0.497 e. The molecule has 0 aliphatic heterocycles. The third kappa shape index (κ3) is 4.07. The van der Waals surface area contributed by atoms with E-state index in [-0.39, 0.29) is 11.9 Å². The summed E-state index contributed by atoms with van der Waals surface area (Å²) < 4.78 is 5.15. The van der Waals surface area contributed by atoms with E-state index in [9.17, 15) is 4.79 Å². The van der Waals surface area contributed by atoms with Gasteiger partial charge in [0.2, 0.25) is 0 Å².